The highest BCUT2D eigenvalue weighted by atomic mass is 32.2. The van der Waals surface area contributed by atoms with Crippen LogP contribution in [0.15, 0.2) is 57.0 Å². The van der Waals surface area contributed by atoms with E-state index in [9.17, 15) is 14.9 Å². The summed E-state index contributed by atoms with van der Waals surface area (Å²) in [6.07, 6.45) is 3.65. The molecular formula is C19H17N5O4S. The number of carbonyl (C=O) groups is 1. The number of nitro groups is 1. The number of hydrogen-bond acceptors (Lipinski definition) is 8. The van der Waals surface area contributed by atoms with Gasteiger partial charge in [0.25, 0.3) is 5.91 Å². The molecule has 148 valence electrons. The Labute approximate surface area is 169 Å². The Hall–Kier alpha value is -3.40. The van der Waals surface area contributed by atoms with Gasteiger partial charge in [0, 0.05) is 11.0 Å². The number of furan rings is 1. The minimum Gasteiger partial charge on any atom is -0.401 e. The number of amidine groups is 1. The maximum absolute atomic E-state index is 12.8. The Morgan fingerprint density at radius 2 is 2.17 bits per heavy atom. The van der Waals surface area contributed by atoms with Gasteiger partial charge in [0.2, 0.25) is 0 Å². The lowest BCUT2D eigenvalue weighted by Crippen LogP contribution is -2.52. The van der Waals surface area contributed by atoms with Gasteiger partial charge in [-0.1, -0.05) is 36.9 Å². The van der Waals surface area contributed by atoms with Crippen molar-refractivity contribution in [2.24, 2.45) is 10.1 Å². The zero-order chi connectivity index (χ0) is 20.4. The number of nitrogens with one attached hydrogen (secondary N) is 1. The second kappa shape index (κ2) is 7.92. The molecule has 1 amide bonds. The number of amides is 1. The molecule has 0 unspecified atom stereocenters. The summed E-state index contributed by atoms with van der Waals surface area (Å²) in [7, 11) is 0. The van der Waals surface area contributed by atoms with Crippen LogP contribution in [-0.2, 0) is 4.79 Å². The van der Waals surface area contributed by atoms with Crippen molar-refractivity contribution >= 4 is 40.5 Å². The Morgan fingerprint density at radius 1 is 1.34 bits per heavy atom. The number of benzene rings is 1. The SMILES string of the molecule is CCCSC1=NN2C(=c3ccccc3=N[C@H]2/C=C/c2ccc([N+](=O)[O-])o2)C(=O)N1. The van der Waals surface area contributed by atoms with Gasteiger partial charge >= 0.3 is 5.88 Å². The normalized spacial score (nSPS) is 18.0. The van der Waals surface area contributed by atoms with Crippen LogP contribution in [-0.4, -0.2) is 32.9 Å². The zero-order valence-corrected chi connectivity index (χ0v) is 16.3. The summed E-state index contributed by atoms with van der Waals surface area (Å²) in [5, 5.41) is 21.7. The number of carbonyl (C=O) groups excluding carboxylic acids is 1. The first-order valence-corrected chi connectivity index (χ1v) is 9.97. The summed E-state index contributed by atoms with van der Waals surface area (Å²) in [4.78, 5) is 27.7. The second-order valence-electron chi connectivity index (χ2n) is 6.25. The van der Waals surface area contributed by atoms with Gasteiger partial charge in [-0.05, 0) is 30.7 Å². The fraction of sp³-hybridized carbons (Fsp3) is 0.211. The fourth-order valence-corrected chi connectivity index (χ4v) is 3.66. The number of fused-ring (bicyclic) bond motifs is 2. The van der Waals surface area contributed by atoms with Crippen LogP contribution in [0.1, 0.15) is 19.1 Å². The topological polar surface area (TPSA) is 113 Å². The largest absolute Gasteiger partial charge is 0.433 e. The van der Waals surface area contributed by atoms with Crippen LogP contribution in [0.25, 0.3) is 11.8 Å². The molecule has 3 heterocycles. The van der Waals surface area contributed by atoms with E-state index < -0.39 is 11.1 Å². The minimum absolute atomic E-state index is 0.243. The van der Waals surface area contributed by atoms with Crippen molar-refractivity contribution in [1.29, 1.82) is 0 Å². The van der Waals surface area contributed by atoms with Gasteiger partial charge in [0.15, 0.2) is 11.3 Å². The molecule has 1 aromatic heterocycles. The summed E-state index contributed by atoms with van der Waals surface area (Å²) < 4.78 is 5.16. The van der Waals surface area contributed by atoms with Gasteiger partial charge in [-0.25, -0.2) is 5.01 Å². The van der Waals surface area contributed by atoms with Crippen molar-refractivity contribution in [2.45, 2.75) is 19.5 Å². The van der Waals surface area contributed by atoms with Crippen LogP contribution in [0.4, 0.5) is 5.88 Å². The molecule has 9 nitrogen and oxygen atoms in total. The highest BCUT2D eigenvalue weighted by Crippen LogP contribution is 2.23. The third-order valence-electron chi connectivity index (χ3n) is 4.21. The first kappa shape index (κ1) is 18.9. The predicted molar refractivity (Wildman–Crippen MR) is 109 cm³/mol. The van der Waals surface area contributed by atoms with E-state index in [2.05, 4.69) is 22.3 Å². The molecule has 2 aromatic rings. The van der Waals surface area contributed by atoms with Gasteiger partial charge in [-0.3, -0.25) is 25.2 Å². The van der Waals surface area contributed by atoms with E-state index in [1.807, 2.05) is 24.3 Å². The summed E-state index contributed by atoms with van der Waals surface area (Å²) in [5.41, 5.74) is 0.413. The van der Waals surface area contributed by atoms with Gasteiger partial charge in [-0.15, -0.1) is 5.10 Å². The van der Waals surface area contributed by atoms with Crippen molar-refractivity contribution in [3.05, 3.63) is 68.9 Å². The average Bonchev–Trinajstić information content (AvgIpc) is 3.19. The number of hydrazone groups is 1. The lowest BCUT2D eigenvalue weighted by molar-refractivity contribution is -0.402. The molecule has 1 N–H and O–H groups in total. The van der Waals surface area contributed by atoms with Crippen molar-refractivity contribution in [3.63, 3.8) is 0 Å². The molecule has 0 fully saturated rings. The zero-order valence-electron chi connectivity index (χ0n) is 15.4. The van der Waals surface area contributed by atoms with E-state index in [1.54, 1.807) is 17.2 Å². The molecule has 0 saturated carbocycles. The quantitative estimate of drug-likeness (QED) is 0.593. The van der Waals surface area contributed by atoms with Crippen molar-refractivity contribution in [1.82, 2.24) is 10.3 Å². The van der Waals surface area contributed by atoms with Gasteiger partial charge < -0.3 is 4.42 Å². The third-order valence-corrected chi connectivity index (χ3v) is 5.28. The fourth-order valence-electron chi connectivity index (χ4n) is 2.95. The molecule has 0 aliphatic carbocycles. The van der Waals surface area contributed by atoms with E-state index in [0.717, 1.165) is 12.2 Å². The Morgan fingerprint density at radius 3 is 2.93 bits per heavy atom. The molecule has 4 rings (SSSR count). The van der Waals surface area contributed by atoms with Crippen LogP contribution in [0.2, 0.25) is 0 Å². The smallest absolute Gasteiger partial charge is 0.401 e. The van der Waals surface area contributed by atoms with Crippen LogP contribution >= 0.6 is 11.8 Å². The number of para-hydroxylation sites is 1. The molecule has 1 atom stereocenters. The first-order chi connectivity index (χ1) is 14.1. The highest BCUT2D eigenvalue weighted by Gasteiger charge is 2.32. The number of hydrogen-bond donors (Lipinski definition) is 1. The van der Waals surface area contributed by atoms with Gasteiger partial charge in [0.05, 0.1) is 11.4 Å². The predicted octanol–water partition coefficient (Wildman–Crippen LogP) is 1.81. The molecule has 0 radical (unpaired) electrons. The minimum atomic E-state index is -0.596. The van der Waals surface area contributed by atoms with E-state index in [0.29, 0.717) is 27.2 Å². The van der Waals surface area contributed by atoms with E-state index in [4.69, 9.17) is 4.42 Å². The molecule has 0 bridgehead atoms. The number of thioether (sulfide) groups is 1. The second-order valence-corrected chi connectivity index (χ2v) is 7.34. The molecule has 10 heteroatoms. The number of nitrogens with zero attached hydrogens (tertiary/aromatic N) is 4. The van der Waals surface area contributed by atoms with Crippen LogP contribution < -0.4 is 15.9 Å². The standard InChI is InChI=1S/C19H17N5O4S/c1-2-11-29-19-21-18(25)17-13-5-3-4-6-14(13)20-15(23(17)22-19)9-7-12-8-10-16(28-12)24(26)27/h3-10,15H,2,11H2,1H3,(H,21,22,25)/b9-7+/t15-/m1/s1. The molecule has 0 spiro atoms. The molecular weight excluding hydrogens is 394 g/mol. The van der Waals surface area contributed by atoms with Crippen molar-refractivity contribution in [2.75, 3.05) is 5.75 Å². The lowest BCUT2D eigenvalue weighted by Gasteiger charge is -2.32. The summed E-state index contributed by atoms with van der Waals surface area (Å²) in [5.74, 6) is 0.565. The van der Waals surface area contributed by atoms with Gasteiger partial charge in [-0.2, -0.15) is 0 Å². The van der Waals surface area contributed by atoms with E-state index in [1.165, 1.54) is 23.9 Å². The summed E-state index contributed by atoms with van der Waals surface area (Å²) in [6, 6.07) is 10.1. The average molecular weight is 411 g/mol. The van der Waals surface area contributed by atoms with Crippen LogP contribution in [0.3, 0.4) is 0 Å². The molecule has 0 saturated heterocycles. The maximum atomic E-state index is 12.8. The maximum Gasteiger partial charge on any atom is 0.433 e. The Balaban J connectivity index is 1.74. The van der Waals surface area contributed by atoms with Crippen molar-refractivity contribution < 1.29 is 14.1 Å². The molecule has 29 heavy (non-hydrogen) atoms. The van der Waals surface area contributed by atoms with Crippen LogP contribution in [0, 0.1) is 10.1 Å². The Bertz CT molecular complexity index is 1150. The molecule has 1 aromatic carbocycles. The summed E-state index contributed by atoms with van der Waals surface area (Å²) in [6.45, 7) is 2.05. The number of rotatable bonds is 5. The molecule has 2 aliphatic heterocycles. The third kappa shape index (κ3) is 3.79. The highest BCUT2D eigenvalue weighted by molar-refractivity contribution is 8.13. The molecule has 2 aliphatic rings. The van der Waals surface area contributed by atoms with E-state index in [-0.39, 0.29) is 11.8 Å². The van der Waals surface area contributed by atoms with Crippen LogP contribution in [0.5, 0.6) is 0 Å². The lowest BCUT2D eigenvalue weighted by atomic mass is 10.1. The van der Waals surface area contributed by atoms with Crippen molar-refractivity contribution in [3.8, 4) is 0 Å². The van der Waals surface area contributed by atoms with E-state index >= 15 is 0 Å². The summed E-state index contributed by atoms with van der Waals surface area (Å²) >= 11 is 1.47. The Kier molecular flexibility index (Phi) is 5.17. The van der Waals surface area contributed by atoms with Gasteiger partial charge in [0.1, 0.15) is 16.4 Å². The first-order valence-electron chi connectivity index (χ1n) is 8.98. The monoisotopic (exact) mass is 411 g/mol.